The van der Waals surface area contributed by atoms with Gasteiger partial charge < -0.3 is 4.90 Å². The minimum absolute atomic E-state index is 1.03. The van der Waals surface area contributed by atoms with Crippen LogP contribution < -0.4 is 4.90 Å². The summed E-state index contributed by atoms with van der Waals surface area (Å²) in [6, 6.07) is 2.10. The summed E-state index contributed by atoms with van der Waals surface area (Å²) in [5.74, 6) is 1.03. The molecule has 0 unspecified atom stereocenters. The van der Waals surface area contributed by atoms with Crippen molar-refractivity contribution in [1.82, 2.24) is 4.98 Å². The van der Waals surface area contributed by atoms with E-state index in [-0.39, 0.29) is 0 Å². The van der Waals surface area contributed by atoms with Crippen LogP contribution in [0.1, 0.15) is 25.3 Å². The van der Waals surface area contributed by atoms with E-state index < -0.39 is 0 Å². The van der Waals surface area contributed by atoms with Crippen molar-refractivity contribution in [2.24, 2.45) is 0 Å². The Balaban J connectivity index is 2.74. The molecule has 3 heteroatoms. The summed E-state index contributed by atoms with van der Waals surface area (Å²) in [6.45, 7) is 5.31. The Hall–Kier alpha value is -0.570. The summed E-state index contributed by atoms with van der Waals surface area (Å²) in [5, 5.41) is 0. The summed E-state index contributed by atoms with van der Waals surface area (Å²) in [7, 11) is 2.08. The summed E-state index contributed by atoms with van der Waals surface area (Å²) in [5.41, 5.74) is 1.18. The standard InChI is InChI=1S/C11H17BrN2/c1-4-5-6-14(3)11-10(12)7-9(2)8-13-11/h7-8H,4-6H2,1-3H3. The molecule has 0 saturated heterocycles. The maximum Gasteiger partial charge on any atom is 0.142 e. The van der Waals surface area contributed by atoms with Gasteiger partial charge in [0.1, 0.15) is 5.82 Å². The highest BCUT2D eigenvalue weighted by molar-refractivity contribution is 9.10. The monoisotopic (exact) mass is 256 g/mol. The first-order valence-electron chi connectivity index (χ1n) is 4.98. The molecule has 0 radical (unpaired) electrons. The zero-order chi connectivity index (χ0) is 10.6. The molecular weight excluding hydrogens is 240 g/mol. The summed E-state index contributed by atoms with van der Waals surface area (Å²) < 4.78 is 1.08. The zero-order valence-corrected chi connectivity index (χ0v) is 10.6. The van der Waals surface area contributed by atoms with Crippen LogP contribution in [0.15, 0.2) is 16.7 Å². The lowest BCUT2D eigenvalue weighted by Gasteiger charge is -2.19. The van der Waals surface area contributed by atoms with Gasteiger partial charge >= 0.3 is 0 Å². The van der Waals surface area contributed by atoms with Crippen LogP contribution in [0.2, 0.25) is 0 Å². The van der Waals surface area contributed by atoms with Crippen LogP contribution in [-0.4, -0.2) is 18.6 Å². The van der Waals surface area contributed by atoms with E-state index in [9.17, 15) is 0 Å². The predicted molar refractivity (Wildman–Crippen MR) is 64.9 cm³/mol. The zero-order valence-electron chi connectivity index (χ0n) is 9.05. The van der Waals surface area contributed by atoms with Gasteiger partial charge in [-0.05, 0) is 40.9 Å². The van der Waals surface area contributed by atoms with E-state index in [0.717, 1.165) is 16.8 Å². The molecule has 0 atom stereocenters. The van der Waals surface area contributed by atoms with Crippen molar-refractivity contribution in [2.75, 3.05) is 18.5 Å². The van der Waals surface area contributed by atoms with Crippen LogP contribution in [0.3, 0.4) is 0 Å². The second-order valence-electron chi connectivity index (χ2n) is 3.59. The molecule has 1 rings (SSSR count). The minimum Gasteiger partial charge on any atom is -0.359 e. The van der Waals surface area contributed by atoms with Gasteiger partial charge in [0.25, 0.3) is 0 Å². The van der Waals surface area contributed by atoms with Crippen molar-refractivity contribution in [3.63, 3.8) is 0 Å². The normalized spacial score (nSPS) is 10.3. The summed E-state index contributed by atoms with van der Waals surface area (Å²) >= 11 is 3.54. The van der Waals surface area contributed by atoms with E-state index in [0.29, 0.717) is 0 Å². The van der Waals surface area contributed by atoms with E-state index in [2.05, 4.69) is 45.9 Å². The Morgan fingerprint density at radius 3 is 2.79 bits per heavy atom. The molecule has 0 aromatic carbocycles. The van der Waals surface area contributed by atoms with Gasteiger partial charge in [-0.1, -0.05) is 13.3 Å². The van der Waals surface area contributed by atoms with Crippen LogP contribution >= 0.6 is 15.9 Å². The van der Waals surface area contributed by atoms with E-state index >= 15 is 0 Å². The SMILES string of the molecule is CCCCN(C)c1ncc(C)cc1Br. The third-order valence-electron chi connectivity index (χ3n) is 2.17. The second kappa shape index (κ2) is 5.35. The van der Waals surface area contributed by atoms with E-state index in [1.165, 1.54) is 18.4 Å². The molecule has 1 aromatic heterocycles. The lowest BCUT2D eigenvalue weighted by Crippen LogP contribution is -2.19. The molecular formula is C11H17BrN2. The Kier molecular flexibility index (Phi) is 4.39. The van der Waals surface area contributed by atoms with Gasteiger partial charge in [-0.15, -0.1) is 0 Å². The number of aryl methyl sites for hydroxylation is 1. The number of unbranched alkanes of at least 4 members (excludes halogenated alkanes) is 1. The predicted octanol–water partition coefficient (Wildman–Crippen LogP) is 3.39. The fourth-order valence-electron chi connectivity index (χ4n) is 1.31. The number of pyridine rings is 1. The van der Waals surface area contributed by atoms with Crippen molar-refractivity contribution in [1.29, 1.82) is 0 Å². The first kappa shape index (κ1) is 11.5. The van der Waals surface area contributed by atoms with Crippen LogP contribution in [0.5, 0.6) is 0 Å². The van der Waals surface area contributed by atoms with Crippen LogP contribution in [0.25, 0.3) is 0 Å². The molecule has 0 amide bonds. The molecule has 2 nitrogen and oxygen atoms in total. The molecule has 0 spiro atoms. The molecule has 0 aliphatic carbocycles. The molecule has 78 valence electrons. The molecule has 1 aromatic rings. The van der Waals surface area contributed by atoms with E-state index in [1.807, 2.05) is 13.1 Å². The van der Waals surface area contributed by atoms with Gasteiger partial charge in [-0.25, -0.2) is 4.98 Å². The largest absolute Gasteiger partial charge is 0.359 e. The highest BCUT2D eigenvalue weighted by Gasteiger charge is 2.06. The Labute approximate surface area is 94.5 Å². The van der Waals surface area contributed by atoms with Gasteiger partial charge in [0.15, 0.2) is 0 Å². The quantitative estimate of drug-likeness (QED) is 0.821. The fourth-order valence-corrected chi connectivity index (χ4v) is 2.07. The van der Waals surface area contributed by atoms with Gasteiger partial charge in [0.2, 0.25) is 0 Å². The average molecular weight is 257 g/mol. The van der Waals surface area contributed by atoms with Gasteiger partial charge in [-0.2, -0.15) is 0 Å². The van der Waals surface area contributed by atoms with E-state index in [1.54, 1.807) is 0 Å². The third-order valence-corrected chi connectivity index (χ3v) is 2.75. The molecule has 0 aliphatic heterocycles. The van der Waals surface area contributed by atoms with Crippen LogP contribution in [-0.2, 0) is 0 Å². The van der Waals surface area contributed by atoms with E-state index in [4.69, 9.17) is 0 Å². The third kappa shape index (κ3) is 2.98. The van der Waals surface area contributed by atoms with Crippen molar-refractivity contribution >= 4 is 21.7 Å². The van der Waals surface area contributed by atoms with Gasteiger partial charge in [0.05, 0.1) is 4.47 Å². The molecule has 14 heavy (non-hydrogen) atoms. The van der Waals surface area contributed by atoms with Crippen molar-refractivity contribution in [2.45, 2.75) is 26.7 Å². The second-order valence-corrected chi connectivity index (χ2v) is 4.45. The fraction of sp³-hybridized carbons (Fsp3) is 0.545. The number of halogens is 1. The Morgan fingerprint density at radius 1 is 1.50 bits per heavy atom. The smallest absolute Gasteiger partial charge is 0.142 e. The van der Waals surface area contributed by atoms with Gasteiger partial charge in [-0.3, -0.25) is 0 Å². The highest BCUT2D eigenvalue weighted by atomic mass is 79.9. The summed E-state index contributed by atoms with van der Waals surface area (Å²) in [6.07, 6.45) is 4.33. The molecule has 0 N–H and O–H groups in total. The van der Waals surface area contributed by atoms with Crippen molar-refractivity contribution < 1.29 is 0 Å². The lowest BCUT2D eigenvalue weighted by molar-refractivity contribution is 0.758. The Bertz CT molecular complexity index is 299. The van der Waals surface area contributed by atoms with Crippen LogP contribution in [0, 0.1) is 6.92 Å². The Morgan fingerprint density at radius 2 is 2.21 bits per heavy atom. The average Bonchev–Trinajstić information content (AvgIpc) is 2.14. The topological polar surface area (TPSA) is 16.1 Å². The molecule has 0 fully saturated rings. The first-order valence-corrected chi connectivity index (χ1v) is 5.77. The van der Waals surface area contributed by atoms with Crippen molar-refractivity contribution in [3.8, 4) is 0 Å². The molecule has 0 aliphatic rings. The van der Waals surface area contributed by atoms with Crippen LogP contribution in [0.4, 0.5) is 5.82 Å². The van der Waals surface area contributed by atoms with Crippen molar-refractivity contribution in [3.05, 3.63) is 22.3 Å². The molecule has 0 saturated carbocycles. The first-order chi connectivity index (χ1) is 6.65. The lowest BCUT2D eigenvalue weighted by atomic mass is 10.3. The number of nitrogens with zero attached hydrogens (tertiary/aromatic N) is 2. The maximum absolute atomic E-state index is 4.41. The molecule has 0 bridgehead atoms. The minimum atomic E-state index is 1.03. The van der Waals surface area contributed by atoms with Gasteiger partial charge in [0, 0.05) is 19.8 Å². The molecule has 1 heterocycles. The number of hydrogen-bond donors (Lipinski definition) is 0. The highest BCUT2D eigenvalue weighted by Crippen LogP contribution is 2.23. The summed E-state index contributed by atoms with van der Waals surface area (Å²) in [4.78, 5) is 6.60. The number of rotatable bonds is 4. The number of aromatic nitrogens is 1. The number of hydrogen-bond acceptors (Lipinski definition) is 2. The number of anilines is 1. The maximum atomic E-state index is 4.41.